The number of benzene rings is 1. The molecule has 0 saturated carbocycles. The van der Waals surface area contributed by atoms with Crippen LogP contribution in [0.2, 0.25) is 0 Å². The maximum Gasteiger partial charge on any atom is 0.312 e. The van der Waals surface area contributed by atoms with Gasteiger partial charge in [-0.25, -0.2) is 9.18 Å². The van der Waals surface area contributed by atoms with E-state index in [0.717, 1.165) is 18.4 Å². The van der Waals surface area contributed by atoms with Gasteiger partial charge in [-0.3, -0.25) is 4.79 Å². The first-order valence-corrected chi connectivity index (χ1v) is 7.44. The molecule has 2 rings (SSSR count). The van der Waals surface area contributed by atoms with Crippen LogP contribution in [0.5, 0.6) is 0 Å². The largest absolute Gasteiger partial charge is 0.352 e. The summed E-state index contributed by atoms with van der Waals surface area (Å²) in [5.41, 5.74) is 5.96. The summed E-state index contributed by atoms with van der Waals surface area (Å²) >= 11 is 0. The zero-order valence-corrected chi connectivity index (χ0v) is 12.4. The molecule has 0 aliphatic carbocycles. The molecule has 119 valence electrons. The van der Waals surface area contributed by atoms with Crippen LogP contribution < -0.4 is 11.1 Å². The van der Waals surface area contributed by atoms with E-state index in [2.05, 4.69) is 5.32 Å². The van der Waals surface area contributed by atoms with Crippen molar-refractivity contribution in [2.75, 3.05) is 19.6 Å². The third kappa shape index (κ3) is 5.02. The predicted octanol–water partition coefficient (Wildman–Crippen LogP) is 1.48. The van der Waals surface area contributed by atoms with E-state index in [-0.39, 0.29) is 11.7 Å². The van der Waals surface area contributed by atoms with Crippen molar-refractivity contribution < 1.29 is 14.0 Å². The molecule has 0 atom stereocenters. The molecular weight excluding hydrogens is 285 g/mol. The molecule has 6 heteroatoms. The van der Waals surface area contributed by atoms with Gasteiger partial charge in [0.2, 0.25) is 5.91 Å². The van der Waals surface area contributed by atoms with Crippen LogP contribution in [0.25, 0.3) is 0 Å². The topological polar surface area (TPSA) is 75.4 Å². The number of rotatable bonds is 5. The summed E-state index contributed by atoms with van der Waals surface area (Å²) < 4.78 is 12.8. The molecule has 1 aromatic rings. The Labute approximate surface area is 129 Å². The summed E-state index contributed by atoms with van der Waals surface area (Å²) in [5, 5.41) is 2.61. The van der Waals surface area contributed by atoms with Gasteiger partial charge in [-0.05, 0) is 42.9 Å². The number of primary amides is 1. The van der Waals surface area contributed by atoms with Crippen LogP contribution in [0.3, 0.4) is 0 Å². The maximum atomic E-state index is 12.8. The summed E-state index contributed by atoms with van der Waals surface area (Å²) in [4.78, 5) is 24.6. The third-order valence-electron chi connectivity index (χ3n) is 3.92. The van der Waals surface area contributed by atoms with Gasteiger partial charge in [0.25, 0.3) is 0 Å². The summed E-state index contributed by atoms with van der Waals surface area (Å²) in [7, 11) is 0. The number of hydrogen-bond donors (Lipinski definition) is 2. The minimum Gasteiger partial charge on any atom is -0.352 e. The van der Waals surface area contributed by atoms with E-state index in [1.54, 1.807) is 18.6 Å². The lowest BCUT2D eigenvalue weighted by Crippen LogP contribution is -2.42. The second-order valence-electron chi connectivity index (χ2n) is 5.55. The molecule has 3 N–H and O–H groups in total. The fourth-order valence-corrected chi connectivity index (χ4v) is 2.56. The van der Waals surface area contributed by atoms with Crippen molar-refractivity contribution in [1.82, 2.24) is 10.2 Å². The number of nitrogens with two attached hydrogens (primary N) is 1. The van der Waals surface area contributed by atoms with Gasteiger partial charge < -0.3 is 16.0 Å². The van der Waals surface area contributed by atoms with Crippen molar-refractivity contribution in [3.63, 3.8) is 0 Å². The number of carbonyl (C=O) groups is 2. The molecule has 22 heavy (non-hydrogen) atoms. The number of piperidine rings is 1. The molecule has 1 radical (unpaired) electrons. The Morgan fingerprint density at radius 3 is 2.50 bits per heavy atom. The van der Waals surface area contributed by atoms with Gasteiger partial charge in [0.05, 0.1) is 6.42 Å². The first-order chi connectivity index (χ1) is 10.5. The molecule has 5 nitrogen and oxygen atoms in total. The molecule has 1 aromatic carbocycles. The van der Waals surface area contributed by atoms with Crippen molar-refractivity contribution in [3.8, 4) is 0 Å². The smallest absolute Gasteiger partial charge is 0.312 e. The lowest BCUT2D eigenvalue weighted by Gasteiger charge is -2.32. The Morgan fingerprint density at radius 2 is 1.91 bits per heavy atom. The van der Waals surface area contributed by atoms with Crippen LogP contribution in [0.15, 0.2) is 24.3 Å². The van der Waals surface area contributed by atoms with E-state index < -0.39 is 6.03 Å². The van der Waals surface area contributed by atoms with Gasteiger partial charge in [0.15, 0.2) is 0 Å². The van der Waals surface area contributed by atoms with Crippen LogP contribution in [0, 0.1) is 18.2 Å². The molecule has 1 heterocycles. The average molecular weight is 306 g/mol. The quantitative estimate of drug-likeness (QED) is 0.864. The lowest BCUT2D eigenvalue weighted by atomic mass is 9.96. The summed E-state index contributed by atoms with van der Waals surface area (Å²) in [6.45, 7) is 1.93. The average Bonchev–Trinajstić information content (AvgIpc) is 2.52. The maximum absolute atomic E-state index is 12.8. The van der Waals surface area contributed by atoms with Gasteiger partial charge in [0.1, 0.15) is 5.82 Å². The number of amides is 3. The van der Waals surface area contributed by atoms with Gasteiger partial charge in [0, 0.05) is 19.6 Å². The Balaban J connectivity index is 1.70. The standard InChI is InChI=1S/C16H21FN3O2/c17-14-4-1-12(2-5-14)3-6-15(21)20-9-7-13(8-10-20)11-19-16(18)22/h1-2,4-6,13H,3,7-11H2,(H3,18,19,22). The Kier molecular flexibility index (Phi) is 5.75. The molecule has 1 saturated heterocycles. The highest BCUT2D eigenvalue weighted by molar-refractivity contribution is 5.85. The first-order valence-electron chi connectivity index (χ1n) is 7.44. The van der Waals surface area contributed by atoms with Crippen molar-refractivity contribution >= 4 is 11.9 Å². The van der Waals surface area contributed by atoms with Gasteiger partial charge in [-0.15, -0.1) is 0 Å². The number of likely N-dealkylation sites (tertiary alicyclic amines) is 1. The second-order valence-corrected chi connectivity index (χ2v) is 5.55. The fraction of sp³-hybridized carbons (Fsp3) is 0.438. The minimum atomic E-state index is -0.508. The number of urea groups is 1. The highest BCUT2D eigenvalue weighted by atomic mass is 19.1. The van der Waals surface area contributed by atoms with Gasteiger partial charge in [-0.1, -0.05) is 12.1 Å². The van der Waals surface area contributed by atoms with Crippen LogP contribution in [0.1, 0.15) is 18.4 Å². The molecule has 0 aromatic heterocycles. The highest BCUT2D eigenvalue weighted by Gasteiger charge is 2.22. The zero-order valence-electron chi connectivity index (χ0n) is 12.4. The number of halogens is 1. The molecule has 3 amide bonds. The molecule has 0 bridgehead atoms. The van der Waals surface area contributed by atoms with Gasteiger partial charge in [-0.2, -0.15) is 0 Å². The fourth-order valence-electron chi connectivity index (χ4n) is 2.56. The predicted molar refractivity (Wildman–Crippen MR) is 81.3 cm³/mol. The summed E-state index contributed by atoms with van der Waals surface area (Å²) in [5.74, 6) is 0.0982. The van der Waals surface area contributed by atoms with E-state index in [9.17, 15) is 14.0 Å². The minimum absolute atomic E-state index is 0.00522. The van der Waals surface area contributed by atoms with Crippen LogP contribution in [0.4, 0.5) is 9.18 Å². The van der Waals surface area contributed by atoms with Gasteiger partial charge >= 0.3 is 6.03 Å². The lowest BCUT2D eigenvalue weighted by molar-refractivity contribution is -0.128. The molecule has 1 aliphatic heterocycles. The monoisotopic (exact) mass is 306 g/mol. The number of nitrogens with zero attached hydrogens (tertiary/aromatic N) is 1. The Hall–Kier alpha value is -2.11. The molecular formula is C16H21FN3O2. The zero-order chi connectivity index (χ0) is 15.9. The van der Waals surface area contributed by atoms with Crippen molar-refractivity contribution in [3.05, 3.63) is 42.1 Å². The highest BCUT2D eigenvalue weighted by Crippen LogP contribution is 2.17. The van der Waals surface area contributed by atoms with E-state index in [1.165, 1.54) is 12.1 Å². The first kappa shape index (κ1) is 16.3. The molecule has 0 unspecified atom stereocenters. The van der Waals surface area contributed by atoms with Crippen LogP contribution in [-0.4, -0.2) is 36.5 Å². The molecule has 1 aliphatic rings. The SMILES string of the molecule is NC(=O)NCC1CCN(C(=O)[CH]Cc2ccc(F)cc2)CC1. The second kappa shape index (κ2) is 7.77. The van der Waals surface area contributed by atoms with E-state index in [1.807, 2.05) is 4.90 Å². The normalized spacial score (nSPS) is 15.6. The molecule has 1 fully saturated rings. The summed E-state index contributed by atoms with van der Waals surface area (Å²) in [6, 6.07) is 5.64. The van der Waals surface area contributed by atoms with E-state index >= 15 is 0 Å². The van der Waals surface area contributed by atoms with Crippen molar-refractivity contribution in [2.45, 2.75) is 19.3 Å². The van der Waals surface area contributed by atoms with E-state index in [4.69, 9.17) is 5.73 Å². The Morgan fingerprint density at radius 1 is 1.27 bits per heavy atom. The van der Waals surface area contributed by atoms with Crippen molar-refractivity contribution in [2.24, 2.45) is 11.7 Å². The number of carbonyl (C=O) groups excluding carboxylic acids is 2. The van der Waals surface area contributed by atoms with Crippen molar-refractivity contribution in [1.29, 1.82) is 0 Å². The van der Waals surface area contributed by atoms with E-state index in [0.29, 0.717) is 32.0 Å². The van der Waals surface area contributed by atoms with Crippen LogP contribution >= 0.6 is 0 Å². The van der Waals surface area contributed by atoms with Crippen LogP contribution in [-0.2, 0) is 11.2 Å². The third-order valence-corrected chi connectivity index (χ3v) is 3.92. The Bertz CT molecular complexity index is 511. The number of hydrogen-bond acceptors (Lipinski definition) is 2. The number of nitrogens with one attached hydrogen (secondary N) is 1. The molecule has 0 spiro atoms. The summed E-state index contributed by atoms with van der Waals surface area (Å²) in [6.07, 6.45) is 3.85.